The zero-order valence-corrected chi connectivity index (χ0v) is 15.6. The van der Waals surface area contributed by atoms with Gasteiger partial charge >= 0.3 is 0 Å². The van der Waals surface area contributed by atoms with E-state index in [2.05, 4.69) is 4.98 Å². The predicted octanol–water partition coefficient (Wildman–Crippen LogP) is 2.85. The number of alkyl halides is 1. The van der Waals surface area contributed by atoms with Gasteiger partial charge in [0.25, 0.3) is 0 Å². The fourth-order valence-corrected chi connectivity index (χ4v) is 3.74. The Morgan fingerprint density at radius 2 is 1.86 bits per heavy atom. The smallest absolute Gasteiger partial charge is 0.231 e. The Kier molecular flexibility index (Phi) is 4.34. The van der Waals surface area contributed by atoms with E-state index in [1.54, 1.807) is 0 Å². The van der Waals surface area contributed by atoms with Crippen LogP contribution < -0.4 is 16.2 Å². The van der Waals surface area contributed by atoms with Crippen molar-refractivity contribution in [1.29, 1.82) is 0 Å². The first-order chi connectivity index (χ1) is 13.6. The maximum absolute atomic E-state index is 14.9. The average molecular weight is 409 g/mol. The van der Waals surface area contributed by atoms with Gasteiger partial charge in [0.05, 0.1) is 0 Å². The third-order valence-corrected chi connectivity index (χ3v) is 5.85. The molecule has 2 aromatic rings. The van der Waals surface area contributed by atoms with Gasteiger partial charge in [-0.05, 0) is 31.9 Å². The zero-order chi connectivity index (χ0) is 21.1. The van der Waals surface area contributed by atoms with Crippen molar-refractivity contribution in [2.45, 2.75) is 36.8 Å². The molecule has 1 aliphatic heterocycles. The van der Waals surface area contributed by atoms with Crippen LogP contribution in [-0.4, -0.2) is 29.7 Å². The maximum atomic E-state index is 14.9. The number of hydrogen-bond donors (Lipinski definition) is 2. The highest BCUT2D eigenvalue weighted by atomic mass is 19.2. The van der Waals surface area contributed by atoms with E-state index in [4.69, 9.17) is 16.2 Å². The minimum atomic E-state index is -1.55. The summed E-state index contributed by atoms with van der Waals surface area (Å²) in [4.78, 5) is 16.4. The minimum Gasteiger partial charge on any atom is -0.489 e. The van der Waals surface area contributed by atoms with Crippen LogP contribution in [0.15, 0.2) is 18.2 Å². The number of ether oxygens (including phenoxy) is 1. The van der Waals surface area contributed by atoms with Gasteiger partial charge in [0.1, 0.15) is 35.0 Å². The molecule has 1 aromatic carbocycles. The van der Waals surface area contributed by atoms with Gasteiger partial charge in [-0.1, -0.05) is 0 Å². The number of fused-ring (bicyclic) bond motifs is 1. The standard InChI is InChI=1S/C20H19F4N3O2/c1-19(18(26)28)8-29-17-10(19)5-15(11(7-25)20(24)2-3-20)27-16(17)9-4-13(22)14(23)6-12(9)21/h4-6,11H,2-3,7-8,25H2,1H3,(H2,26,28)/t11-,19+/m1/s1. The molecule has 0 saturated heterocycles. The number of halogens is 4. The number of nitrogens with zero attached hydrogens (tertiary/aromatic N) is 1. The molecule has 4 rings (SSSR count). The number of pyridine rings is 1. The molecule has 2 aliphatic rings. The lowest BCUT2D eigenvalue weighted by molar-refractivity contribution is -0.123. The lowest BCUT2D eigenvalue weighted by Crippen LogP contribution is -2.40. The lowest BCUT2D eigenvalue weighted by Gasteiger charge is -2.23. The summed E-state index contributed by atoms with van der Waals surface area (Å²) in [5.41, 5.74) is 8.45. The lowest BCUT2D eigenvalue weighted by atomic mass is 9.82. The summed E-state index contributed by atoms with van der Waals surface area (Å²) in [5.74, 6) is -5.19. The van der Waals surface area contributed by atoms with E-state index in [-0.39, 0.29) is 41.4 Å². The van der Waals surface area contributed by atoms with Gasteiger partial charge in [-0.15, -0.1) is 0 Å². The quantitative estimate of drug-likeness (QED) is 0.587. The molecule has 29 heavy (non-hydrogen) atoms. The maximum Gasteiger partial charge on any atom is 0.231 e. The summed E-state index contributed by atoms with van der Waals surface area (Å²) in [7, 11) is 0. The summed E-state index contributed by atoms with van der Waals surface area (Å²) < 4.78 is 62.2. The van der Waals surface area contributed by atoms with Crippen molar-refractivity contribution >= 4 is 5.91 Å². The fourth-order valence-electron chi connectivity index (χ4n) is 3.74. The molecule has 0 unspecified atom stereocenters. The summed E-state index contributed by atoms with van der Waals surface area (Å²) in [6.45, 7) is 1.32. The van der Waals surface area contributed by atoms with E-state index in [1.165, 1.54) is 13.0 Å². The molecular weight excluding hydrogens is 390 g/mol. The first-order valence-corrected chi connectivity index (χ1v) is 9.13. The number of hydrogen-bond acceptors (Lipinski definition) is 4. The molecule has 154 valence electrons. The van der Waals surface area contributed by atoms with E-state index in [1.807, 2.05) is 0 Å². The molecule has 1 aliphatic carbocycles. The molecule has 0 spiro atoms. The van der Waals surface area contributed by atoms with Crippen LogP contribution in [0, 0.1) is 17.5 Å². The summed E-state index contributed by atoms with van der Waals surface area (Å²) in [6.07, 6.45) is 0.595. The van der Waals surface area contributed by atoms with Crippen LogP contribution in [0.1, 0.15) is 36.9 Å². The third kappa shape index (κ3) is 2.95. The van der Waals surface area contributed by atoms with Crippen molar-refractivity contribution in [1.82, 2.24) is 4.98 Å². The number of aromatic nitrogens is 1. The van der Waals surface area contributed by atoms with Gasteiger partial charge in [-0.2, -0.15) is 0 Å². The number of carbonyl (C=O) groups excluding carboxylic acids is 1. The van der Waals surface area contributed by atoms with Gasteiger partial charge in [-0.3, -0.25) is 4.79 Å². The highest BCUT2D eigenvalue weighted by Crippen LogP contribution is 2.52. The Morgan fingerprint density at radius 3 is 2.45 bits per heavy atom. The molecule has 1 fully saturated rings. The molecule has 0 bridgehead atoms. The second-order valence-corrected chi connectivity index (χ2v) is 7.83. The molecule has 0 radical (unpaired) electrons. The molecule has 2 heterocycles. The van der Waals surface area contributed by atoms with Crippen LogP contribution in [0.3, 0.4) is 0 Å². The number of carbonyl (C=O) groups is 1. The molecule has 1 amide bonds. The Hall–Kier alpha value is -2.68. The number of primary amides is 1. The van der Waals surface area contributed by atoms with Crippen LogP contribution in [0.4, 0.5) is 17.6 Å². The third-order valence-electron chi connectivity index (χ3n) is 5.85. The minimum absolute atomic E-state index is 0.0273. The Balaban J connectivity index is 1.99. The molecular formula is C20H19F4N3O2. The predicted molar refractivity (Wildman–Crippen MR) is 96.5 cm³/mol. The summed E-state index contributed by atoms with van der Waals surface area (Å²) >= 11 is 0. The Labute approximate surface area is 164 Å². The SMILES string of the molecule is C[C@]1(C(N)=O)COc2c1cc([C@@H](CN)C1(F)CC1)nc2-c1cc(F)c(F)cc1F. The van der Waals surface area contributed by atoms with E-state index in [0.717, 1.165) is 0 Å². The van der Waals surface area contributed by atoms with E-state index < -0.39 is 40.4 Å². The highest BCUT2D eigenvalue weighted by molar-refractivity contribution is 5.90. The van der Waals surface area contributed by atoms with E-state index in [9.17, 15) is 22.4 Å². The first-order valence-electron chi connectivity index (χ1n) is 9.13. The van der Waals surface area contributed by atoms with Crippen molar-refractivity contribution in [3.8, 4) is 17.0 Å². The van der Waals surface area contributed by atoms with E-state index >= 15 is 0 Å². The van der Waals surface area contributed by atoms with Gasteiger partial charge in [-0.25, -0.2) is 22.5 Å². The monoisotopic (exact) mass is 409 g/mol. The van der Waals surface area contributed by atoms with Crippen LogP contribution in [-0.2, 0) is 10.2 Å². The van der Waals surface area contributed by atoms with Gasteiger partial charge < -0.3 is 16.2 Å². The molecule has 1 saturated carbocycles. The van der Waals surface area contributed by atoms with Crippen molar-refractivity contribution in [3.63, 3.8) is 0 Å². The fraction of sp³-hybridized carbons (Fsp3) is 0.400. The second-order valence-electron chi connectivity index (χ2n) is 7.83. The molecule has 4 N–H and O–H groups in total. The van der Waals surface area contributed by atoms with Gasteiger partial charge in [0, 0.05) is 35.3 Å². The largest absolute Gasteiger partial charge is 0.489 e. The van der Waals surface area contributed by atoms with Crippen molar-refractivity contribution in [2.75, 3.05) is 13.2 Å². The number of nitrogens with two attached hydrogens (primary N) is 2. The Morgan fingerprint density at radius 1 is 1.21 bits per heavy atom. The number of amides is 1. The first kappa shape index (κ1) is 19.6. The van der Waals surface area contributed by atoms with Gasteiger partial charge in [0.15, 0.2) is 11.6 Å². The summed E-state index contributed by atoms with van der Waals surface area (Å²) in [5, 5.41) is 0. The van der Waals surface area contributed by atoms with Crippen molar-refractivity contribution in [2.24, 2.45) is 11.5 Å². The molecule has 1 aromatic heterocycles. The average Bonchev–Trinajstić information content (AvgIpc) is 3.30. The van der Waals surface area contributed by atoms with Crippen molar-refractivity contribution < 1.29 is 27.1 Å². The number of rotatable bonds is 5. The van der Waals surface area contributed by atoms with Gasteiger partial charge in [0.2, 0.25) is 5.91 Å². The van der Waals surface area contributed by atoms with Crippen LogP contribution in [0.25, 0.3) is 11.3 Å². The zero-order valence-electron chi connectivity index (χ0n) is 15.6. The topological polar surface area (TPSA) is 91.2 Å². The number of benzene rings is 1. The summed E-state index contributed by atoms with van der Waals surface area (Å²) in [6, 6.07) is 2.54. The molecule has 9 heteroatoms. The van der Waals surface area contributed by atoms with E-state index in [0.29, 0.717) is 25.0 Å². The normalized spacial score (nSPS) is 22.7. The van der Waals surface area contributed by atoms with Crippen LogP contribution >= 0.6 is 0 Å². The second kappa shape index (κ2) is 6.41. The Bertz CT molecular complexity index is 1030. The van der Waals surface area contributed by atoms with Crippen molar-refractivity contribution in [3.05, 3.63) is 46.9 Å². The van der Waals surface area contributed by atoms with Crippen LogP contribution in [0.5, 0.6) is 5.75 Å². The highest BCUT2D eigenvalue weighted by Gasteiger charge is 2.52. The van der Waals surface area contributed by atoms with Crippen LogP contribution in [0.2, 0.25) is 0 Å². The molecule has 5 nitrogen and oxygen atoms in total. The molecule has 2 atom stereocenters.